The normalized spacial score (nSPS) is 24.6. The first-order valence-corrected chi connectivity index (χ1v) is 12.3. The molecule has 3 heterocycles. The predicted octanol–water partition coefficient (Wildman–Crippen LogP) is 2.75. The van der Waals surface area contributed by atoms with Crippen LogP contribution in [0.4, 0.5) is 0 Å². The van der Waals surface area contributed by atoms with E-state index in [1.165, 1.54) is 32.1 Å². The van der Waals surface area contributed by atoms with E-state index in [1.54, 1.807) is 22.2 Å². The number of aliphatic hydroxyl groups is 1. The van der Waals surface area contributed by atoms with Crippen LogP contribution in [0.2, 0.25) is 0 Å². The third kappa shape index (κ3) is 4.58. The Bertz CT molecular complexity index is 1080. The minimum atomic E-state index is -0.243. The van der Waals surface area contributed by atoms with Gasteiger partial charge in [0.25, 0.3) is 0 Å². The van der Waals surface area contributed by atoms with Crippen molar-refractivity contribution in [3.8, 4) is 11.8 Å². The predicted molar refractivity (Wildman–Crippen MR) is 129 cm³/mol. The summed E-state index contributed by atoms with van der Waals surface area (Å²) in [7, 11) is 0. The van der Waals surface area contributed by atoms with E-state index in [2.05, 4.69) is 29.0 Å². The number of aliphatic hydroxyl groups excluding tert-OH is 1. The number of rotatable bonds is 4. The number of fused-ring (bicyclic) bond motifs is 1. The molecule has 2 aliphatic heterocycles. The molecular weight excluding hydrogens is 426 g/mol. The summed E-state index contributed by atoms with van der Waals surface area (Å²) in [4.78, 5) is 33.2. The summed E-state index contributed by atoms with van der Waals surface area (Å²) < 4.78 is 0. The van der Waals surface area contributed by atoms with E-state index in [1.807, 2.05) is 24.3 Å². The van der Waals surface area contributed by atoms with Crippen molar-refractivity contribution in [3.05, 3.63) is 65.5 Å². The van der Waals surface area contributed by atoms with Gasteiger partial charge in [0.2, 0.25) is 11.8 Å². The minimum absolute atomic E-state index is 0.00305. The van der Waals surface area contributed by atoms with Crippen molar-refractivity contribution in [2.24, 2.45) is 5.92 Å². The van der Waals surface area contributed by atoms with Crippen LogP contribution in [0.3, 0.4) is 0 Å². The largest absolute Gasteiger partial charge is 0.394 e. The molecule has 0 radical (unpaired) electrons. The molecule has 1 aromatic heterocycles. The number of pyridine rings is 1. The summed E-state index contributed by atoms with van der Waals surface area (Å²) >= 11 is 0. The molecule has 0 spiro atoms. The van der Waals surface area contributed by atoms with Gasteiger partial charge < -0.3 is 14.9 Å². The maximum Gasteiger partial charge on any atom is 0.242 e. The summed E-state index contributed by atoms with van der Waals surface area (Å²) in [6.07, 6.45) is 9.88. The van der Waals surface area contributed by atoms with Gasteiger partial charge in [-0.25, -0.2) is 0 Å². The zero-order chi connectivity index (χ0) is 23.5. The Balaban J connectivity index is 1.28. The van der Waals surface area contributed by atoms with Crippen LogP contribution >= 0.6 is 0 Å². The zero-order valence-corrected chi connectivity index (χ0v) is 19.4. The number of nitrogens with zero attached hydrogens (tertiary/aromatic N) is 3. The summed E-state index contributed by atoms with van der Waals surface area (Å²) in [5, 5.41) is 10.0. The molecule has 6 heteroatoms. The molecule has 0 bridgehead atoms. The molecular formula is C28H31N3O3. The Kier molecular flexibility index (Phi) is 6.64. The fourth-order valence-electron chi connectivity index (χ4n) is 5.70. The zero-order valence-electron chi connectivity index (χ0n) is 19.4. The Hall–Kier alpha value is -3.17. The van der Waals surface area contributed by atoms with Crippen molar-refractivity contribution >= 4 is 11.8 Å². The lowest BCUT2D eigenvalue weighted by molar-refractivity contribution is -0.166. The van der Waals surface area contributed by atoms with Crippen molar-refractivity contribution in [1.82, 2.24) is 14.8 Å². The quantitative estimate of drug-likeness (QED) is 0.717. The fraction of sp³-hybridized carbons (Fsp3) is 0.464. The van der Waals surface area contributed by atoms with Gasteiger partial charge in [0.15, 0.2) is 0 Å². The van der Waals surface area contributed by atoms with Crippen molar-refractivity contribution in [3.63, 3.8) is 0 Å². The molecule has 2 amide bonds. The molecule has 1 aromatic carbocycles. The first-order valence-electron chi connectivity index (χ1n) is 12.3. The van der Waals surface area contributed by atoms with Crippen LogP contribution in [0, 0.1) is 17.8 Å². The SMILES string of the molecule is O=C(Cc1cccnc1)N1CC(=O)N2[C@H](CO)[C@H](c3ccc(C#CC4CCCCC4)cc3)[C@@H]2C1. The average Bonchev–Trinajstić information content (AvgIpc) is 2.86. The van der Waals surface area contributed by atoms with E-state index < -0.39 is 0 Å². The maximum atomic E-state index is 12.9. The van der Waals surface area contributed by atoms with E-state index in [-0.39, 0.29) is 49.4 Å². The van der Waals surface area contributed by atoms with Gasteiger partial charge in [-0.2, -0.15) is 0 Å². The Labute approximate surface area is 201 Å². The highest BCUT2D eigenvalue weighted by molar-refractivity contribution is 5.88. The number of hydrogen-bond acceptors (Lipinski definition) is 4. The molecule has 2 saturated heterocycles. The Morgan fingerprint density at radius 1 is 1.12 bits per heavy atom. The average molecular weight is 458 g/mol. The van der Waals surface area contributed by atoms with Gasteiger partial charge in [0.05, 0.1) is 31.7 Å². The third-order valence-electron chi connectivity index (χ3n) is 7.50. The van der Waals surface area contributed by atoms with Gasteiger partial charge in [-0.1, -0.05) is 49.3 Å². The van der Waals surface area contributed by atoms with Crippen LogP contribution in [0.5, 0.6) is 0 Å². The van der Waals surface area contributed by atoms with Gasteiger partial charge in [0.1, 0.15) is 0 Å². The van der Waals surface area contributed by atoms with Crippen LogP contribution < -0.4 is 0 Å². The number of carbonyl (C=O) groups excluding carboxylic acids is 2. The fourth-order valence-corrected chi connectivity index (χ4v) is 5.70. The van der Waals surface area contributed by atoms with Gasteiger partial charge in [-0.3, -0.25) is 14.6 Å². The number of hydrogen-bond donors (Lipinski definition) is 1. The van der Waals surface area contributed by atoms with Crippen molar-refractivity contribution in [1.29, 1.82) is 0 Å². The van der Waals surface area contributed by atoms with E-state index in [9.17, 15) is 14.7 Å². The molecule has 3 aliphatic rings. The lowest BCUT2D eigenvalue weighted by Crippen LogP contribution is -2.73. The topological polar surface area (TPSA) is 73.7 Å². The number of amides is 2. The second-order valence-corrected chi connectivity index (χ2v) is 9.68. The van der Waals surface area contributed by atoms with Crippen LogP contribution in [-0.2, 0) is 16.0 Å². The van der Waals surface area contributed by atoms with Gasteiger partial charge in [0, 0.05) is 36.3 Å². The monoisotopic (exact) mass is 457 g/mol. The number of benzene rings is 1. The van der Waals surface area contributed by atoms with Crippen molar-refractivity contribution in [2.45, 2.75) is 56.5 Å². The molecule has 176 valence electrons. The minimum Gasteiger partial charge on any atom is -0.394 e. The van der Waals surface area contributed by atoms with Crippen molar-refractivity contribution < 1.29 is 14.7 Å². The Morgan fingerprint density at radius 3 is 2.62 bits per heavy atom. The highest BCUT2D eigenvalue weighted by Crippen LogP contribution is 2.43. The summed E-state index contributed by atoms with van der Waals surface area (Å²) in [6.45, 7) is 0.462. The highest BCUT2D eigenvalue weighted by atomic mass is 16.3. The van der Waals surface area contributed by atoms with Gasteiger partial charge in [-0.05, 0) is 42.2 Å². The summed E-state index contributed by atoms with van der Waals surface area (Å²) in [6, 6.07) is 11.5. The van der Waals surface area contributed by atoms with Crippen LogP contribution in [0.15, 0.2) is 48.8 Å². The molecule has 3 atom stereocenters. The second-order valence-electron chi connectivity index (χ2n) is 9.68. The molecule has 1 N–H and O–H groups in total. The number of carbonyl (C=O) groups is 2. The first kappa shape index (κ1) is 22.6. The van der Waals surface area contributed by atoms with Crippen LogP contribution in [-0.4, -0.2) is 63.5 Å². The maximum absolute atomic E-state index is 12.9. The van der Waals surface area contributed by atoms with Gasteiger partial charge >= 0.3 is 0 Å². The summed E-state index contributed by atoms with van der Waals surface area (Å²) in [5.74, 6) is 7.11. The molecule has 0 unspecified atom stereocenters. The first-order chi connectivity index (χ1) is 16.6. The Morgan fingerprint density at radius 2 is 1.91 bits per heavy atom. The van der Waals surface area contributed by atoms with E-state index in [0.29, 0.717) is 12.5 Å². The molecule has 34 heavy (non-hydrogen) atoms. The van der Waals surface area contributed by atoms with E-state index >= 15 is 0 Å². The number of piperazine rings is 1. The second kappa shape index (κ2) is 9.99. The molecule has 2 aromatic rings. The molecule has 1 aliphatic carbocycles. The molecule has 6 nitrogen and oxygen atoms in total. The smallest absolute Gasteiger partial charge is 0.242 e. The van der Waals surface area contributed by atoms with E-state index in [4.69, 9.17) is 0 Å². The summed E-state index contributed by atoms with van der Waals surface area (Å²) in [5.41, 5.74) is 2.92. The highest BCUT2D eigenvalue weighted by Gasteiger charge is 2.54. The third-order valence-corrected chi connectivity index (χ3v) is 7.50. The van der Waals surface area contributed by atoms with Crippen molar-refractivity contribution in [2.75, 3.05) is 19.7 Å². The molecule has 5 rings (SSSR count). The molecule has 3 fully saturated rings. The standard InChI is InChI=1S/C28H31N3O3/c32-19-25-28(23-12-10-21(11-13-23)9-8-20-5-2-1-3-6-20)24-17-30(18-27(34)31(24)25)26(33)15-22-7-4-14-29-16-22/h4,7,10-14,16,20,24-25,28,32H,1-3,5-6,15,17-19H2/t24-,25+,28+/m0/s1. The van der Waals surface area contributed by atoms with E-state index in [0.717, 1.165) is 16.7 Å². The van der Waals surface area contributed by atoms with Crippen LogP contribution in [0.1, 0.15) is 54.7 Å². The lowest BCUT2D eigenvalue weighted by atomic mass is 9.73. The number of aromatic nitrogens is 1. The lowest BCUT2D eigenvalue weighted by Gasteiger charge is -2.58. The molecule has 1 saturated carbocycles. The van der Waals surface area contributed by atoms with Gasteiger partial charge in [-0.15, -0.1) is 0 Å². The van der Waals surface area contributed by atoms with Crippen LogP contribution in [0.25, 0.3) is 0 Å².